The standard InChI is InChI=1S/C14H22BrNO/c1-3-16-10-12(11-17-4-2)9-13-7-5-6-8-14(13)15/h5-8,12,16H,3-4,9-11H2,1-2H3. The van der Waals surface area contributed by atoms with E-state index in [1.165, 1.54) is 10.0 Å². The molecule has 0 aromatic heterocycles. The molecule has 0 aliphatic rings. The van der Waals surface area contributed by atoms with Gasteiger partial charge in [0.1, 0.15) is 0 Å². The van der Waals surface area contributed by atoms with Gasteiger partial charge in [0.05, 0.1) is 6.61 Å². The molecule has 0 fully saturated rings. The largest absolute Gasteiger partial charge is 0.381 e. The Bertz CT molecular complexity index is 309. The summed E-state index contributed by atoms with van der Waals surface area (Å²) >= 11 is 3.60. The molecule has 17 heavy (non-hydrogen) atoms. The average Bonchev–Trinajstić information content (AvgIpc) is 2.35. The van der Waals surface area contributed by atoms with Gasteiger partial charge in [0.15, 0.2) is 0 Å². The quantitative estimate of drug-likeness (QED) is 0.795. The first-order chi connectivity index (χ1) is 8.27. The normalized spacial score (nSPS) is 12.6. The highest BCUT2D eigenvalue weighted by atomic mass is 79.9. The summed E-state index contributed by atoms with van der Waals surface area (Å²) in [4.78, 5) is 0. The summed E-state index contributed by atoms with van der Waals surface area (Å²) in [7, 11) is 0. The Balaban J connectivity index is 2.55. The topological polar surface area (TPSA) is 21.3 Å². The van der Waals surface area contributed by atoms with Crippen molar-refractivity contribution in [2.24, 2.45) is 5.92 Å². The van der Waals surface area contributed by atoms with Crippen LogP contribution in [-0.4, -0.2) is 26.3 Å². The van der Waals surface area contributed by atoms with Gasteiger partial charge in [0.2, 0.25) is 0 Å². The SMILES string of the molecule is CCNCC(COCC)Cc1ccccc1Br. The van der Waals surface area contributed by atoms with Crippen LogP contribution in [0.2, 0.25) is 0 Å². The molecule has 0 spiro atoms. The monoisotopic (exact) mass is 299 g/mol. The second-order valence-corrected chi connectivity index (χ2v) is 4.98. The van der Waals surface area contributed by atoms with Gasteiger partial charge in [0.25, 0.3) is 0 Å². The van der Waals surface area contributed by atoms with Crippen LogP contribution in [0, 0.1) is 5.92 Å². The minimum absolute atomic E-state index is 0.536. The van der Waals surface area contributed by atoms with Gasteiger partial charge >= 0.3 is 0 Å². The Labute approximate surface area is 113 Å². The second kappa shape index (κ2) is 8.67. The zero-order chi connectivity index (χ0) is 12.5. The highest BCUT2D eigenvalue weighted by Gasteiger charge is 2.11. The Morgan fingerprint density at radius 1 is 1.29 bits per heavy atom. The molecule has 0 heterocycles. The number of nitrogens with one attached hydrogen (secondary N) is 1. The summed E-state index contributed by atoms with van der Waals surface area (Å²) in [6.45, 7) is 7.82. The third-order valence-corrected chi connectivity index (χ3v) is 3.48. The van der Waals surface area contributed by atoms with Crippen molar-refractivity contribution in [2.75, 3.05) is 26.3 Å². The van der Waals surface area contributed by atoms with Crippen LogP contribution < -0.4 is 5.32 Å². The predicted octanol–water partition coefficient (Wildman–Crippen LogP) is 3.25. The molecule has 2 nitrogen and oxygen atoms in total. The minimum Gasteiger partial charge on any atom is -0.381 e. The van der Waals surface area contributed by atoms with E-state index in [4.69, 9.17) is 4.74 Å². The van der Waals surface area contributed by atoms with Gasteiger partial charge in [-0.05, 0) is 37.4 Å². The first-order valence-corrected chi connectivity index (χ1v) is 7.09. The molecule has 0 saturated carbocycles. The number of hydrogen-bond donors (Lipinski definition) is 1. The van der Waals surface area contributed by atoms with E-state index < -0.39 is 0 Å². The number of benzene rings is 1. The summed E-state index contributed by atoms with van der Waals surface area (Å²) in [5.41, 5.74) is 1.36. The molecular formula is C14H22BrNO. The maximum atomic E-state index is 5.55. The highest BCUT2D eigenvalue weighted by Crippen LogP contribution is 2.19. The van der Waals surface area contributed by atoms with Gasteiger partial charge in [-0.25, -0.2) is 0 Å². The molecule has 0 radical (unpaired) electrons. The summed E-state index contributed by atoms with van der Waals surface area (Å²) in [5.74, 6) is 0.536. The van der Waals surface area contributed by atoms with Gasteiger partial charge < -0.3 is 10.1 Å². The van der Waals surface area contributed by atoms with Crippen molar-refractivity contribution in [2.45, 2.75) is 20.3 Å². The van der Waals surface area contributed by atoms with Crippen LogP contribution in [0.25, 0.3) is 0 Å². The third kappa shape index (κ3) is 5.66. The predicted molar refractivity (Wildman–Crippen MR) is 76.4 cm³/mol. The van der Waals surface area contributed by atoms with E-state index in [1.54, 1.807) is 0 Å². The first kappa shape index (κ1) is 14.7. The molecule has 0 amide bonds. The second-order valence-electron chi connectivity index (χ2n) is 4.13. The van der Waals surface area contributed by atoms with Crippen LogP contribution in [0.1, 0.15) is 19.4 Å². The van der Waals surface area contributed by atoms with Gasteiger partial charge in [-0.15, -0.1) is 0 Å². The lowest BCUT2D eigenvalue weighted by molar-refractivity contribution is 0.110. The molecule has 1 aromatic rings. The Morgan fingerprint density at radius 3 is 2.71 bits per heavy atom. The van der Waals surface area contributed by atoms with Crippen molar-refractivity contribution in [3.63, 3.8) is 0 Å². The molecule has 0 aliphatic carbocycles. The molecule has 1 aromatic carbocycles. The Morgan fingerprint density at radius 2 is 2.06 bits per heavy atom. The minimum atomic E-state index is 0.536. The fourth-order valence-electron chi connectivity index (χ4n) is 1.80. The number of halogens is 1. The Kier molecular flexibility index (Phi) is 7.49. The van der Waals surface area contributed by atoms with Crippen LogP contribution in [0.15, 0.2) is 28.7 Å². The lowest BCUT2D eigenvalue weighted by Crippen LogP contribution is -2.27. The van der Waals surface area contributed by atoms with Crippen molar-refractivity contribution >= 4 is 15.9 Å². The lowest BCUT2D eigenvalue weighted by atomic mass is 10.00. The van der Waals surface area contributed by atoms with Crippen LogP contribution in [0.3, 0.4) is 0 Å². The van der Waals surface area contributed by atoms with Crippen molar-refractivity contribution in [3.8, 4) is 0 Å². The molecular weight excluding hydrogens is 278 g/mol. The molecule has 3 heteroatoms. The molecule has 1 atom stereocenters. The van der Waals surface area contributed by atoms with Crippen molar-refractivity contribution in [3.05, 3.63) is 34.3 Å². The summed E-state index contributed by atoms with van der Waals surface area (Å²) < 4.78 is 6.74. The number of hydrogen-bond acceptors (Lipinski definition) is 2. The summed E-state index contributed by atoms with van der Waals surface area (Å²) in [6, 6.07) is 8.41. The molecule has 1 rings (SSSR count). The van der Waals surface area contributed by atoms with Crippen LogP contribution in [0.4, 0.5) is 0 Å². The molecule has 1 N–H and O–H groups in total. The molecule has 0 bridgehead atoms. The van der Waals surface area contributed by atoms with E-state index in [2.05, 4.69) is 52.4 Å². The fraction of sp³-hybridized carbons (Fsp3) is 0.571. The molecule has 1 unspecified atom stereocenters. The number of ether oxygens (including phenoxy) is 1. The number of rotatable bonds is 8. The first-order valence-electron chi connectivity index (χ1n) is 6.29. The van der Waals surface area contributed by atoms with Crippen LogP contribution in [-0.2, 0) is 11.2 Å². The van der Waals surface area contributed by atoms with E-state index in [-0.39, 0.29) is 0 Å². The maximum Gasteiger partial charge on any atom is 0.0509 e. The maximum absolute atomic E-state index is 5.55. The lowest BCUT2D eigenvalue weighted by Gasteiger charge is -2.18. The highest BCUT2D eigenvalue weighted by molar-refractivity contribution is 9.10. The fourth-order valence-corrected chi connectivity index (χ4v) is 2.24. The Hall–Kier alpha value is -0.380. The van der Waals surface area contributed by atoms with Gasteiger partial charge in [-0.3, -0.25) is 0 Å². The van der Waals surface area contributed by atoms with E-state index in [1.807, 2.05) is 6.92 Å². The van der Waals surface area contributed by atoms with Crippen molar-refractivity contribution in [1.82, 2.24) is 5.32 Å². The van der Waals surface area contributed by atoms with Crippen molar-refractivity contribution in [1.29, 1.82) is 0 Å². The zero-order valence-electron chi connectivity index (χ0n) is 10.7. The van der Waals surface area contributed by atoms with E-state index >= 15 is 0 Å². The zero-order valence-corrected chi connectivity index (χ0v) is 12.3. The smallest absolute Gasteiger partial charge is 0.0509 e. The van der Waals surface area contributed by atoms with Crippen molar-refractivity contribution < 1.29 is 4.74 Å². The van der Waals surface area contributed by atoms with Crippen LogP contribution in [0.5, 0.6) is 0 Å². The molecule has 0 aliphatic heterocycles. The summed E-state index contributed by atoms with van der Waals surface area (Å²) in [5, 5.41) is 3.40. The molecule has 96 valence electrons. The van der Waals surface area contributed by atoms with E-state index in [9.17, 15) is 0 Å². The van der Waals surface area contributed by atoms with E-state index in [0.29, 0.717) is 5.92 Å². The van der Waals surface area contributed by atoms with Gasteiger partial charge in [0, 0.05) is 17.6 Å². The average molecular weight is 300 g/mol. The van der Waals surface area contributed by atoms with E-state index in [0.717, 1.165) is 32.7 Å². The van der Waals surface area contributed by atoms with Crippen LogP contribution >= 0.6 is 15.9 Å². The van der Waals surface area contributed by atoms with Gasteiger partial charge in [-0.2, -0.15) is 0 Å². The summed E-state index contributed by atoms with van der Waals surface area (Å²) in [6.07, 6.45) is 1.05. The third-order valence-electron chi connectivity index (χ3n) is 2.71. The molecule has 0 saturated heterocycles. The van der Waals surface area contributed by atoms with Gasteiger partial charge in [-0.1, -0.05) is 41.1 Å².